The van der Waals surface area contributed by atoms with Gasteiger partial charge in [0.1, 0.15) is 0 Å². The molecule has 0 saturated heterocycles. The first kappa shape index (κ1) is 16.8. The number of hydrogen-bond acceptors (Lipinski definition) is 0. The van der Waals surface area contributed by atoms with Gasteiger partial charge in [0.25, 0.3) is 0 Å². The average molecular weight is 303 g/mol. The molecule has 0 amide bonds. The molecule has 0 spiro atoms. The summed E-state index contributed by atoms with van der Waals surface area (Å²) < 4.78 is 0. The van der Waals surface area contributed by atoms with Gasteiger partial charge in [-0.15, -0.1) is 0 Å². The molecule has 2 rings (SSSR count). The Hall–Kier alpha value is -0.563. The predicted molar refractivity (Wildman–Crippen MR) is 98.9 cm³/mol. The standard InChI is InChI=1S/C20H34Si/c1-14(2)18-13-19(21(5,6)7)16-11-9-8-10-12-17(16)20(18)15(3)4/h13-15H,8-12H2,1-7H3. The maximum Gasteiger partial charge on any atom is 0.0779 e. The molecule has 1 heteroatoms. The summed E-state index contributed by atoms with van der Waals surface area (Å²) in [6.07, 6.45) is 6.84. The molecule has 0 saturated carbocycles. The molecule has 0 radical (unpaired) electrons. The van der Waals surface area contributed by atoms with E-state index in [-0.39, 0.29) is 0 Å². The second kappa shape index (κ2) is 6.28. The van der Waals surface area contributed by atoms with Crippen molar-refractivity contribution in [2.45, 2.75) is 91.3 Å². The summed E-state index contributed by atoms with van der Waals surface area (Å²) in [7, 11) is -1.27. The predicted octanol–water partition coefficient (Wildman–Crippen LogP) is 5.75. The van der Waals surface area contributed by atoms with E-state index in [4.69, 9.17) is 0 Å². The third-order valence-corrected chi connectivity index (χ3v) is 7.05. The minimum Gasteiger partial charge on any atom is -0.0656 e. The SMILES string of the molecule is CC(C)c1cc([Si](C)(C)C)c2c(c1C(C)C)CCCCC2. The smallest absolute Gasteiger partial charge is 0.0656 e. The monoisotopic (exact) mass is 302 g/mol. The summed E-state index contributed by atoms with van der Waals surface area (Å²) in [6.45, 7) is 17.1. The van der Waals surface area contributed by atoms with Crippen LogP contribution in [0.3, 0.4) is 0 Å². The van der Waals surface area contributed by atoms with Crippen molar-refractivity contribution in [3.05, 3.63) is 28.3 Å². The van der Waals surface area contributed by atoms with Gasteiger partial charge in [-0.1, -0.05) is 65.0 Å². The molecule has 1 aromatic carbocycles. The van der Waals surface area contributed by atoms with Crippen LogP contribution in [-0.4, -0.2) is 8.07 Å². The molecular weight excluding hydrogens is 268 g/mol. The van der Waals surface area contributed by atoms with Crippen LogP contribution in [0.5, 0.6) is 0 Å². The Balaban J connectivity index is 2.78. The van der Waals surface area contributed by atoms with Crippen molar-refractivity contribution in [1.29, 1.82) is 0 Å². The van der Waals surface area contributed by atoms with E-state index in [9.17, 15) is 0 Å². The van der Waals surface area contributed by atoms with Gasteiger partial charge in [0.2, 0.25) is 0 Å². The van der Waals surface area contributed by atoms with Crippen molar-refractivity contribution >= 4 is 13.3 Å². The molecular formula is C20H34Si. The second-order valence-corrected chi connectivity index (χ2v) is 13.5. The summed E-state index contributed by atoms with van der Waals surface area (Å²) in [5, 5.41) is 1.76. The molecule has 1 aliphatic rings. The minimum atomic E-state index is -1.27. The van der Waals surface area contributed by atoms with E-state index in [1.165, 1.54) is 32.1 Å². The highest BCUT2D eigenvalue weighted by molar-refractivity contribution is 6.89. The Kier molecular flexibility index (Phi) is 5.02. The largest absolute Gasteiger partial charge is 0.0779 e. The molecule has 0 unspecified atom stereocenters. The quantitative estimate of drug-likeness (QED) is 0.493. The van der Waals surface area contributed by atoms with Crippen molar-refractivity contribution in [2.24, 2.45) is 0 Å². The Labute approximate surface area is 133 Å². The molecule has 118 valence electrons. The van der Waals surface area contributed by atoms with Gasteiger partial charge in [-0.25, -0.2) is 0 Å². The van der Waals surface area contributed by atoms with E-state index in [0.29, 0.717) is 11.8 Å². The van der Waals surface area contributed by atoms with Crippen LogP contribution in [0.1, 0.15) is 81.0 Å². The van der Waals surface area contributed by atoms with Crippen LogP contribution in [0.25, 0.3) is 0 Å². The van der Waals surface area contributed by atoms with Gasteiger partial charge < -0.3 is 0 Å². The zero-order valence-electron chi connectivity index (χ0n) is 15.3. The van der Waals surface area contributed by atoms with Gasteiger partial charge in [0, 0.05) is 0 Å². The number of fused-ring (bicyclic) bond motifs is 1. The maximum atomic E-state index is 2.62. The third-order valence-electron chi connectivity index (χ3n) is 4.99. The molecule has 0 atom stereocenters. The lowest BCUT2D eigenvalue weighted by molar-refractivity contribution is 0.706. The van der Waals surface area contributed by atoms with Crippen molar-refractivity contribution < 1.29 is 0 Å². The molecule has 1 aliphatic carbocycles. The van der Waals surface area contributed by atoms with E-state index in [2.05, 4.69) is 53.4 Å². The summed E-state index contributed by atoms with van der Waals surface area (Å²) in [4.78, 5) is 0. The van der Waals surface area contributed by atoms with Crippen molar-refractivity contribution in [2.75, 3.05) is 0 Å². The van der Waals surface area contributed by atoms with Crippen LogP contribution in [-0.2, 0) is 12.8 Å². The topological polar surface area (TPSA) is 0 Å². The first-order chi connectivity index (χ1) is 9.73. The zero-order chi connectivity index (χ0) is 15.8. The lowest BCUT2D eigenvalue weighted by Gasteiger charge is -2.30. The highest BCUT2D eigenvalue weighted by atomic mass is 28.3. The van der Waals surface area contributed by atoms with E-state index in [1.54, 1.807) is 27.4 Å². The van der Waals surface area contributed by atoms with E-state index >= 15 is 0 Å². The molecule has 0 aliphatic heterocycles. The van der Waals surface area contributed by atoms with Gasteiger partial charge >= 0.3 is 0 Å². The fraction of sp³-hybridized carbons (Fsp3) is 0.700. The fourth-order valence-electron chi connectivity index (χ4n) is 4.00. The van der Waals surface area contributed by atoms with Gasteiger partial charge in [-0.3, -0.25) is 0 Å². The summed E-state index contributed by atoms with van der Waals surface area (Å²) in [5.41, 5.74) is 6.86. The molecule has 0 N–H and O–H groups in total. The number of hydrogen-bond donors (Lipinski definition) is 0. The summed E-state index contributed by atoms with van der Waals surface area (Å²) >= 11 is 0. The van der Waals surface area contributed by atoms with Gasteiger partial charge in [-0.05, 0) is 59.8 Å². The Morgan fingerprint density at radius 3 is 1.86 bits per heavy atom. The van der Waals surface area contributed by atoms with E-state index in [1.807, 2.05) is 0 Å². The van der Waals surface area contributed by atoms with Gasteiger partial charge in [0.05, 0.1) is 8.07 Å². The normalized spacial score (nSPS) is 16.2. The Morgan fingerprint density at radius 1 is 0.810 bits per heavy atom. The second-order valence-electron chi connectivity index (χ2n) is 8.50. The van der Waals surface area contributed by atoms with Crippen molar-refractivity contribution in [3.63, 3.8) is 0 Å². The van der Waals surface area contributed by atoms with Crippen LogP contribution in [0.15, 0.2) is 6.07 Å². The summed E-state index contributed by atoms with van der Waals surface area (Å²) in [6, 6.07) is 2.62. The van der Waals surface area contributed by atoms with Crippen LogP contribution in [0, 0.1) is 0 Å². The number of rotatable bonds is 3. The van der Waals surface area contributed by atoms with Crippen molar-refractivity contribution in [1.82, 2.24) is 0 Å². The lowest BCUT2D eigenvalue weighted by Crippen LogP contribution is -2.41. The molecule has 0 heterocycles. The first-order valence-electron chi connectivity index (χ1n) is 8.92. The van der Waals surface area contributed by atoms with Crippen LogP contribution in [0.4, 0.5) is 0 Å². The Morgan fingerprint density at radius 2 is 1.38 bits per heavy atom. The molecule has 21 heavy (non-hydrogen) atoms. The van der Waals surface area contributed by atoms with Gasteiger partial charge in [-0.2, -0.15) is 0 Å². The molecule has 0 fully saturated rings. The Bertz CT molecular complexity index is 504. The average Bonchev–Trinajstić information content (AvgIpc) is 2.60. The van der Waals surface area contributed by atoms with Crippen molar-refractivity contribution in [3.8, 4) is 0 Å². The zero-order valence-corrected chi connectivity index (χ0v) is 16.3. The molecule has 0 aromatic heterocycles. The molecule has 0 bridgehead atoms. The lowest BCUT2D eigenvalue weighted by atomic mass is 9.83. The van der Waals surface area contributed by atoms with E-state index < -0.39 is 8.07 Å². The maximum absolute atomic E-state index is 2.62. The third kappa shape index (κ3) is 3.44. The minimum absolute atomic E-state index is 0.644. The van der Waals surface area contributed by atoms with Gasteiger partial charge in [0.15, 0.2) is 0 Å². The fourth-order valence-corrected chi connectivity index (χ4v) is 5.77. The first-order valence-corrected chi connectivity index (χ1v) is 12.4. The molecule has 1 aromatic rings. The highest BCUT2D eigenvalue weighted by Crippen LogP contribution is 2.34. The molecule has 0 nitrogen and oxygen atoms in total. The van der Waals surface area contributed by atoms with E-state index in [0.717, 1.165) is 0 Å². The highest BCUT2D eigenvalue weighted by Gasteiger charge is 2.28. The summed E-state index contributed by atoms with van der Waals surface area (Å²) in [5.74, 6) is 1.30. The van der Waals surface area contributed by atoms with Crippen LogP contribution < -0.4 is 5.19 Å². The van der Waals surface area contributed by atoms with Crippen LogP contribution in [0.2, 0.25) is 19.6 Å². The number of benzene rings is 1. The van der Waals surface area contributed by atoms with Crippen LogP contribution >= 0.6 is 0 Å².